The van der Waals surface area contributed by atoms with Gasteiger partial charge in [-0.3, -0.25) is 4.79 Å². The summed E-state index contributed by atoms with van der Waals surface area (Å²) in [6, 6.07) is 0. The summed E-state index contributed by atoms with van der Waals surface area (Å²) >= 11 is 0. The molecule has 72 valence electrons. The average Bonchev–Trinajstić information content (AvgIpc) is 2.04. The van der Waals surface area contributed by atoms with Crippen LogP contribution in [0.25, 0.3) is 0 Å². The Bertz CT molecular complexity index is 281. The minimum Gasteiger partial charge on any atom is -0.350 e. The van der Waals surface area contributed by atoms with E-state index in [1.54, 1.807) is 5.32 Å². The predicted molar refractivity (Wildman–Crippen MR) is 36.3 cm³/mol. The summed E-state index contributed by atoms with van der Waals surface area (Å²) in [7, 11) is 0. The highest BCUT2D eigenvalue weighted by atomic mass is 19.4. The van der Waals surface area contributed by atoms with Crippen molar-refractivity contribution in [1.29, 1.82) is 0 Å². The van der Waals surface area contributed by atoms with Crippen molar-refractivity contribution in [2.45, 2.75) is 12.0 Å². The quantitative estimate of drug-likeness (QED) is 0.390. The first-order valence-corrected chi connectivity index (χ1v) is 3.27. The molecule has 0 aromatic heterocycles. The summed E-state index contributed by atoms with van der Waals surface area (Å²) in [5.41, 5.74) is -1.03. The predicted octanol–water partition coefficient (Wildman–Crippen LogP) is 1.46. The number of carbonyl (C=O) groups is 1. The number of dihydropyridines is 1. The number of allylic oxidation sites excluding steroid dienone is 2. The van der Waals surface area contributed by atoms with Crippen LogP contribution in [0.4, 0.5) is 17.6 Å². The van der Waals surface area contributed by atoms with E-state index in [9.17, 15) is 22.4 Å². The first-order chi connectivity index (χ1) is 5.87. The second-order valence-electron chi connectivity index (χ2n) is 2.46. The van der Waals surface area contributed by atoms with Gasteiger partial charge < -0.3 is 5.32 Å². The Morgan fingerprint density at radius 2 is 2.08 bits per heavy atom. The Kier molecular flexibility index (Phi) is 2.15. The maximum absolute atomic E-state index is 12.9. The van der Waals surface area contributed by atoms with Crippen molar-refractivity contribution in [3.63, 3.8) is 0 Å². The Morgan fingerprint density at radius 3 is 2.38 bits per heavy atom. The molecule has 1 aliphatic rings. The molecule has 0 saturated carbocycles. The Balaban J connectivity index is 2.82. The molecule has 0 radical (unpaired) electrons. The average molecular weight is 195 g/mol. The Labute approximate surface area is 70.9 Å². The molecule has 0 aliphatic carbocycles. The molecular weight excluding hydrogens is 190 g/mol. The second kappa shape index (κ2) is 2.86. The van der Waals surface area contributed by atoms with Crippen LogP contribution in [0.3, 0.4) is 0 Å². The minimum atomic E-state index is -4.53. The van der Waals surface area contributed by atoms with E-state index in [4.69, 9.17) is 0 Å². The van der Waals surface area contributed by atoms with Crippen LogP contribution in [-0.4, -0.2) is 18.3 Å². The summed E-state index contributed by atoms with van der Waals surface area (Å²) in [4.78, 5) is 10.0. The molecule has 1 unspecified atom stereocenters. The molecule has 1 atom stereocenters. The summed E-state index contributed by atoms with van der Waals surface area (Å²) < 4.78 is 48.7. The number of hydrogen-bond donors (Lipinski definition) is 1. The lowest BCUT2D eigenvalue weighted by Gasteiger charge is -2.20. The van der Waals surface area contributed by atoms with Crippen molar-refractivity contribution in [2.24, 2.45) is 0 Å². The normalized spacial score (nSPS) is 27.8. The van der Waals surface area contributed by atoms with E-state index in [2.05, 4.69) is 0 Å². The van der Waals surface area contributed by atoms with Gasteiger partial charge in [0.2, 0.25) is 0 Å². The zero-order valence-corrected chi connectivity index (χ0v) is 6.23. The van der Waals surface area contributed by atoms with Gasteiger partial charge in [0.1, 0.15) is 0 Å². The van der Waals surface area contributed by atoms with Gasteiger partial charge in [0, 0.05) is 6.20 Å². The van der Waals surface area contributed by atoms with Gasteiger partial charge in [-0.25, -0.2) is 4.39 Å². The SMILES string of the molecule is O=CC1(F)C=CC(C(F)(F)F)=CN1. The molecule has 0 aromatic carbocycles. The molecule has 0 fully saturated rings. The smallest absolute Gasteiger partial charge is 0.350 e. The standard InChI is InChI=1S/C7H5F4NO/c8-6(4-13)2-1-5(3-12-6)7(9,10)11/h1-4,12H. The van der Waals surface area contributed by atoms with Crippen molar-refractivity contribution < 1.29 is 22.4 Å². The van der Waals surface area contributed by atoms with E-state index < -0.39 is 17.5 Å². The minimum absolute atomic E-state index is 0.118. The van der Waals surface area contributed by atoms with Gasteiger partial charge in [0.05, 0.1) is 5.57 Å². The number of rotatable bonds is 1. The van der Waals surface area contributed by atoms with Gasteiger partial charge in [-0.2, -0.15) is 13.2 Å². The van der Waals surface area contributed by atoms with E-state index in [1.165, 1.54) is 0 Å². The number of halogens is 4. The van der Waals surface area contributed by atoms with Crippen molar-refractivity contribution in [3.05, 3.63) is 23.9 Å². The summed E-state index contributed by atoms with van der Waals surface area (Å²) in [6.45, 7) is 0. The molecule has 1 aliphatic heterocycles. The van der Waals surface area contributed by atoms with E-state index >= 15 is 0 Å². The van der Waals surface area contributed by atoms with Crippen LogP contribution in [0.5, 0.6) is 0 Å². The third-order valence-corrected chi connectivity index (χ3v) is 1.45. The number of alkyl halides is 4. The lowest BCUT2D eigenvalue weighted by atomic mass is 10.1. The van der Waals surface area contributed by atoms with Crippen LogP contribution >= 0.6 is 0 Å². The van der Waals surface area contributed by atoms with E-state index in [-0.39, 0.29) is 6.29 Å². The number of hydrogen-bond acceptors (Lipinski definition) is 2. The summed E-state index contributed by atoms with van der Waals surface area (Å²) in [5, 5.41) is 1.70. The van der Waals surface area contributed by atoms with Crippen LogP contribution in [0.2, 0.25) is 0 Å². The summed E-state index contributed by atoms with van der Waals surface area (Å²) in [5.74, 6) is -2.52. The highest BCUT2D eigenvalue weighted by Crippen LogP contribution is 2.28. The number of carbonyl (C=O) groups excluding carboxylic acids is 1. The van der Waals surface area contributed by atoms with Crippen molar-refractivity contribution in [2.75, 3.05) is 0 Å². The van der Waals surface area contributed by atoms with Crippen LogP contribution in [0.15, 0.2) is 23.9 Å². The lowest BCUT2D eigenvalue weighted by molar-refractivity contribution is -0.116. The topological polar surface area (TPSA) is 29.1 Å². The first-order valence-electron chi connectivity index (χ1n) is 3.27. The molecular formula is C7H5F4NO. The number of aldehydes is 1. The van der Waals surface area contributed by atoms with Gasteiger partial charge in [-0.1, -0.05) is 0 Å². The van der Waals surface area contributed by atoms with Crippen LogP contribution < -0.4 is 5.32 Å². The van der Waals surface area contributed by atoms with Crippen LogP contribution in [-0.2, 0) is 4.79 Å². The molecule has 0 bridgehead atoms. The van der Waals surface area contributed by atoms with E-state index in [0.29, 0.717) is 18.4 Å². The van der Waals surface area contributed by atoms with Crippen molar-refractivity contribution >= 4 is 6.29 Å². The largest absolute Gasteiger partial charge is 0.417 e. The van der Waals surface area contributed by atoms with Crippen molar-refractivity contribution in [3.8, 4) is 0 Å². The molecule has 13 heavy (non-hydrogen) atoms. The highest BCUT2D eigenvalue weighted by Gasteiger charge is 2.36. The molecule has 1 heterocycles. The molecule has 0 amide bonds. The van der Waals surface area contributed by atoms with E-state index in [1.807, 2.05) is 0 Å². The third kappa shape index (κ3) is 2.07. The molecule has 0 spiro atoms. The molecule has 2 nitrogen and oxygen atoms in total. The molecule has 1 N–H and O–H groups in total. The third-order valence-electron chi connectivity index (χ3n) is 1.45. The maximum atomic E-state index is 12.9. The van der Waals surface area contributed by atoms with Gasteiger partial charge in [-0.05, 0) is 12.2 Å². The Morgan fingerprint density at radius 1 is 1.46 bits per heavy atom. The molecule has 0 saturated heterocycles. The fourth-order valence-corrected chi connectivity index (χ4v) is 0.745. The van der Waals surface area contributed by atoms with Gasteiger partial charge in [-0.15, -0.1) is 0 Å². The zero-order chi connectivity index (χ0) is 10.1. The second-order valence-corrected chi connectivity index (χ2v) is 2.46. The van der Waals surface area contributed by atoms with Gasteiger partial charge in [0.25, 0.3) is 5.79 Å². The first kappa shape index (κ1) is 9.76. The van der Waals surface area contributed by atoms with Crippen LogP contribution in [0, 0.1) is 0 Å². The molecule has 6 heteroatoms. The van der Waals surface area contributed by atoms with Gasteiger partial charge in [0.15, 0.2) is 6.29 Å². The van der Waals surface area contributed by atoms with Gasteiger partial charge >= 0.3 is 6.18 Å². The fraction of sp³-hybridized carbons (Fsp3) is 0.286. The van der Waals surface area contributed by atoms with Crippen LogP contribution in [0.1, 0.15) is 0 Å². The molecule has 1 rings (SSSR count). The lowest BCUT2D eigenvalue weighted by Crippen LogP contribution is -2.39. The van der Waals surface area contributed by atoms with E-state index in [0.717, 1.165) is 0 Å². The maximum Gasteiger partial charge on any atom is 0.417 e. The Hall–Kier alpha value is -1.33. The molecule has 0 aromatic rings. The number of nitrogens with one attached hydrogen (secondary N) is 1. The van der Waals surface area contributed by atoms with Crippen molar-refractivity contribution in [1.82, 2.24) is 5.32 Å². The zero-order valence-electron chi connectivity index (χ0n) is 6.23. The highest BCUT2D eigenvalue weighted by molar-refractivity contribution is 5.66. The fourth-order valence-electron chi connectivity index (χ4n) is 0.745. The summed E-state index contributed by atoms with van der Waals surface area (Å²) in [6.07, 6.45) is -3.19. The monoisotopic (exact) mass is 195 g/mol.